The van der Waals surface area contributed by atoms with Gasteiger partial charge in [-0.05, 0) is 61.7 Å². The summed E-state index contributed by atoms with van der Waals surface area (Å²) in [7, 11) is 0. The van der Waals surface area contributed by atoms with Gasteiger partial charge in [0.15, 0.2) is 0 Å². The van der Waals surface area contributed by atoms with E-state index in [2.05, 4.69) is 0 Å². The number of ether oxygens (including phenoxy) is 1. The van der Waals surface area contributed by atoms with Gasteiger partial charge in [-0.1, -0.05) is 36.4 Å². The molecule has 0 aliphatic carbocycles. The van der Waals surface area contributed by atoms with Gasteiger partial charge in [-0.2, -0.15) is 13.2 Å². The summed E-state index contributed by atoms with van der Waals surface area (Å²) in [6.07, 6.45) is -0.566. The summed E-state index contributed by atoms with van der Waals surface area (Å²) in [6, 6.07) is 11.8. The van der Waals surface area contributed by atoms with Gasteiger partial charge in [0.2, 0.25) is 0 Å². The Kier molecular flexibility index (Phi) is 6.33. The summed E-state index contributed by atoms with van der Waals surface area (Å²) in [6.45, 7) is 5.77. The molecule has 0 aromatic heterocycles. The molecule has 1 N–H and O–H groups in total. The summed E-state index contributed by atoms with van der Waals surface area (Å²) < 4.78 is 44.2. The lowest BCUT2D eigenvalue weighted by Crippen LogP contribution is -2.22. The highest BCUT2D eigenvalue weighted by Crippen LogP contribution is 2.32. The van der Waals surface area contributed by atoms with Crippen LogP contribution in [0.5, 0.6) is 5.75 Å². The monoisotopic (exact) mass is 390 g/mol. The number of aliphatic carboxylic acids is 1. The smallest absolute Gasteiger partial charge is 0.416 e. The summed E-state index contributed by atoms with van der Waals surface area (Å²) in [5.74, 6) is -0.457. The van der Waals surface area contributed by atoms with E-state index in [1.807, 2.05) is 20.8 Å². The first kappa shape index (κ1) is 21.3. The zero-order valence-corrected chi connectivity index (χ0v) is 15.7. The van der Waals surface area contributed by atoms with E-state index in [0.29, 0.717) is 16.9 Å². The van der Waals surface area contributed by atoms with Crippen LogP contribution in [0.2, 0.25) is 0 Å². The molecular formula is C22H21F3O3. The van der Waals surface area contributed by atoms with Crippen molar-refractivity contribution in [3.05, 3.63) is 83.4 Å². The van der Waals surface area contributed by atoms with Crippen LogP contribution in [0.4, 0.5) is 13.2 Å². The molecule has 0 atom stereocenters. The van der Waals surface area contributed by atoms with Gasteiger partial charge in [-0.25, -0.2) is 4.79 Å². The zero-order chi connectivity index (χ0) is 20.9. The quantitative estimate of drug-likeness (QED) is 0.506. The van der Waals surface area contributed by atoms with Gasteiger partial charge < -0.3 is 9.84 Å². The van der Waals surface area contributed by atoms with Gasteiger partial charge in [0.05, 0.1) is 5.56 Å². The van der Waals surface area contributed by atoms with Crippen molar-refractivity contribution in [1.82, 2.24) is 0 Å². The number of allylic oxidation sites excluding steroid dienone is 2. The van der Waals surface area contributed by atoms with Crippen LogP contribution in [0.25, 0.3) is 5.57 Å². The predicted octanol–water partition coefficient (Wildman–Crippen LogP) is 5.96. The van der Waals surface area contributed by atoms with Crippen LogP contribution >= 0.6 is 0 Å². The predicted molar refractivity (Wildman–Crippen MR) is 102 cm³/mol. The normalized spacial score (nSPS) is 13.0. The number of hydrogen-bond acceptors (Lipinski definition) is 2. The highest BCUT2D eigenvalue weighted by Gasteiger charge is 2.30. The molecule has 2 rings (SSSR count). The molecule has 0 spiro atoms. The number of benzene rings is 2. The van der Waals surface area contributed by atoms with E-state index in [-0.39, 0.29) is 5.60 Å². The van der Waals surface area contributed by atoms with Crippen LogP contribution in [-0.4, -0.2) is 16.7 Å². The van der Waals surface area contributed by atoms with E-state index in [1.54, 1.807) is 30.3 Å². The number of carboxylic acids is 1. The first-order valence-electron chi connectivity index (χ1n) is 8.54. The molecule has 6 heteroatoms. The maximum absolute atomic E-state index is 12.8. The average Bonchev–Trinajstić information content (AvgIpc) is 2.57. The van der Waals surface area contributed by atoms with Gasteiger partial charge in [-0.3, -0.25) is 0 Å². The Balaban J connectivity index is 2.41. The van der Waals surface area contributed by atoms with Crippen molar-refractivity contribution < 1.29 is 27.8 Å². The highest BCUT2D eigenvalue weighted by atomic mass is 19.4. The minimum Gasteiger partial charge on any atom is -0.488 e. The fourth-order valence-corrected chi connectivity index (χ4v) is 2.48. The molecule has 0 aliphatic rings. The largest absolute Gasteiger partial charge is 0.488 e. The van der Waals surface area contributed by atoms with Crippen LogP contribution < -0.4 is 4.74 Å². The molecule has 0 amide bonds. The van der Waals surface area contributed by atoms with Crippen LogP contribution in [0.3, 0.4) is 0 Å². The summed E-state index contributed by atoms with van der Waals surface area (Å²) in [5, 5.41) is 8.78. The van der Waals surface area contributed by atoms with Crippen LogP contribution in [-0.2, 0) is 11.0 Å². The molecule has 0 heterocycles. The Bertz CT molecular complexity index is 869. The number of carboxylic acid groups (broad SMARTS) is 1. The van der Waals surface area contributed by atoms with E-state index in [4.69, 9.17) is 9.84 Å². The lowest BCUT2D eigenvalue weighted by Gasteiger charge is -2.21. The van der Waals surface area contributed by atoms with E-state index >= 15 is 0 Å². The second-order valence-corrected chi connectivity index (χ2v) is 7.09. The Labute approximate surface area is 161 Å². The number of alkyl halides is 3. The highest BCUT2D eigenvalue weighted by molar-refractivity contribution is 5.84. The molecule has 0 unspecified atom stereocenters. The number of halogens is 3. The van der Waals surface area contributed by atoms with Crippen molar-refractivity contribution in [1.29, 1.82) is 0 Å². The Morgan fingerprint density at radius 3 is 1.86 bits per heavy atom. The lowest BCUT2D eigenvalue weighted by molar-refractivity contribution is -0.137. The van der Waals surface area contributed by atoms with Crippen LogP contribution in [0, 0.1) is 0 Å². The third kappa shape index (κ3) is 6.30. The fraction of sp³-hybridized carbons (Fsp3) is 0.227. The third-order valence-electron chi connectivity index (χ3n) is 3.61. The second-order valence-electron chi connectivity index (χ2n) is 7.09. The second kappa shape index (κ2) is 8.33. The Morgan fingerprint density at radius 2 is 1.43 bits per heavy atom. The Morgan fingerprint density at radius 1 is 0.929 bits per heavy atom. The van der Waals surface area contributed by atoms with Gasteiger partial charge in [0.25, 0.3) is 0 Å². The molecule has 0 aliphatic heterocycles. The molecule has 0 saturated heterocycles. The van der Waals surface area contributed by atoms with E-state index < -0.39 is 17.7 Å². The van der Waals surface area contributed by atoms with Crippen molar-refractivity contribution in [2.45, 2.75) is 32.5 Å². The molecule has 2 aromatic rings. The molecule has 0 fully saturated rings. The molecule has 28 heavy (non-hydrogen) atoms. The van der Waals surface area contributed by atoms with E-state index in [9.17, 15) is 18.0 Å². The van der Waals surface area contributed by atoms with Crippen molar-refractivity contribution in [2.24, 2.45) is 0 Å². The molecule has 3 nitrogen and oxygen atoms in total. The number of hydrogen-bond donors (Lipinski definition) is 1. The molecule has 2 aromatic carbocycles. The van der Waals surface area contributed by atoms with Gasteiger partial charge in [0.1, 0.15) is 11.4 Å². The minimum absolute atomic E-state index is 0.363. The van der Waals surface area contributed by atoms with Crippen molar-refractivity contribution >= 4 is 11.5 Å². The molecule has 0 saturated carbocycles. The topological polar surface area (TPSA) is 46.5 Å². The first-order valence-corrected chi connectivity index (χ1v) is 8.54. The molecule has 0 bridgehead atoms. The number of rotatable bonds is 5. The van der Waals surface area contributed by atoms with Crippen molar-refractivity contribution in [3.8, 4) is 5.75 Å². The lowest BCUT2D eigenvalue weighted by atomic mass is 9.96. The SMILES string of the molecule is CC(C)(C)Oc1ccc(/C(=C\C=C\C(=O)O)c2ccc(C(F)(F)F)cc2)cc1. The van der Waals surface area contributed by atoms with Crippen molar-refractivity contribution in [2.75, 3.05) is 0 Å². The number of carbonyl (C=O) groups is 1. The van der Waals surface area contributed by atoms with Gasteiger partial charge in [-0.15, -0.1) is 0 Å². The van der Waals surface area contributed by atoms with Crippen LogP contribution in [0.15, 0.2) is 66.8 Å². The van der Waals surface area contributed by atoms with Crippen molar-refractivity contribution in [3.63, 3.8) is 0 Å². The average molecular weight is 390 g/mol. The van der Waals surface area contributed by atoms with Gasteiger partial charge >= 0.3 is 12.1 Å². The molecule has 0 radical (unpaired) electrons. The summed E-state index contributed by atoms with van der Waals surface area (Å²) >= 11 is 0. The maximum atomic E-state index is 12.8. The summed E-state index contributed by atoms with van der Waals surface area (Å²) in [5.41, 5.74) is 0.736. The third-order valence-corrected chi connectivity index (χ3v) is 3.61. The van der Waals surface area contributed by atoms with Gasteiger partial charge in [0, 0.05) is 6.08 Å². The fourth-order valence-electron chi connectivity index (χ4n) is 2.48. The minimum atomic E-state index is -4.42. The maximum Gasteiger partial charge on any atom is 0.416 e. The van der Waals surface area contributed by atoms with Crippen LogP contribution in [0.1, 0.15) is 37.5 Å². The van der Waals surface area contributed by atoms with E-state index in [0.717, 1.165) is 23.8 Å². The Hall–Kier alpha value is -3.02. The summed E-state index contributed by atoms with van der Waals surface area (Å²) in [4.78, 5) is 10.7. The zero-order valence-electron chi connectivity index (χ0n) is 15.7. The molecule has 148 valence electrons. The van der Waals surface area contributed by atoms with E-state index in [1.165, 1.54) is 18.2 Å². The molecular weight excluding hydrogens is 369 g/mol. The standard InChI is InChI=1S/C22H21F3O3/c1-21(2,3)28-18-13-9-16(10-14-18)19(5-4-6-20(26)27)15-7-11-17(12-8-15)22(23,24)25/h4-14H,1-3H3,(H,26,27)/b6-4+,19-5-. The first-order chi connectivity index (χ1) is 13.0.